The van der Waals surface area contributed by atoms with Gasteiger partial charge in [-0.15, -0.1) is 0 Å². The maximum absolute atomic E-state index is 12.7. The maximum Gasteiger partial charge on any atom is 0.251 e. The number of benzene rings is 2. The van der Waals surface area contributed by atoms with E-state index in [1.165, 1.54) is 12.4 Å². The number of anilines is 3. The molecule has 1 saturated heterocycles. The van der Waals surface area contributed by atoms with Gasteiger partial charge in [-0.25, -0.2) is 9.97 Å². The van der Waals surface area contributed by atoms with Crippen molar-refractivity contribution >= 4 is 40.0 Å². The number of piperazine rings is 1. The molecule has 0 saturated carbocycles. The van der Waals surface area contributed by atoms with Gasteiger partial charge in [-0.1, -0.05) is 6.07 Å². The molecule has 2 aromatic carbocycles. The third-order valence-corrected chi connectivity index (χ3v) is 8.87. The van der Waals surface area contributed by atoms with Gasteiger partial charge in [0.1, 0.15) is 11.4 Å². The Morgan fingerprint density at radius 2 is 1.83 bits per heavy atom. The van der Waals surface area contributed by atoms with E-state index >= 15 is 0 Å². The predicted molar refractivity (Wildman–Crippen MR) is 184 cm³/mol. The van der Waals surface area contributed by atoms with Crippen LogP contribution in [0.4, 0.5) is 17.3 Å². The average Bonchev–Trinajstić information content (AvgIpc) is 3.61. The van der Waals surface area contributed by atoms with E-state index in [0.29, 0.717) is 36.0 Å². The lowest BCUT2D eigenvalue weighted by molar-refractivity contribution is -0.116. The van der Waals surface area contributed by atoms with E-state index in [2.05, 4.69) is 59.8 Å². The Labute approximate surface area is 277 Å². The fourth-order valence-electron chi connectivity index (χ4n) is 6.41. The van der Waals surface area contributed by atoms with Crippen LogP contribution in [0.3, 0.4) is 0 Å². The van der Waals surface area contributed by atoms with E-state index in [4.69, 9.17) is 15.6 Å². The highest BCUT2D eigenvalue weighted by atomic mass is 16.5. The first-order valence-corrected chi connectivity index (χ1v) is 16.1. The summed E-state index contributed by atoms with van der Waals surface area (Å²) in [7, 11) is 3.84. The number of hydrogen-bond donors (Lipinski definition) is 3. The molecule has 14 nitrogen and oxygen atoms in total. The fourth-order valence-corrected chi connectivity index (χ4v) is 6.41. The minimum atomic E-state index is -0.534. The predicted octanol–water partition coefficient (Wildman–Crippen LogP) is 3.26. The zero-order valence-electron chi connectivity index (χ0n) is 27.3. The average molecular weight is 650 g/mol. The molecule has 2 aliphatic rings. The molecule has 48 heavy (non-hydrogen) atoms. The number of primary amides is 1. The molecular weight excluding hydrogens is 610 g/mol. The Morgan fingerprint density at radius 1 is 1.04 bits per heavy atom. The number of nitrogens with zero attached hydrogens (tertiary/aromatic N) is 8. The van der Waals surface area contributed by atoms with Crippen LogP contribution in [-0.2, 0) is 18.9 Å². The molecular formula is C34H39N11O3. The number of aromatic nitrogens is 6. The first-order valence-electron chi connectivity index (χ1n) is 16.1. The number of hydrogen-bond acceptors (Lipinski definition) is 10. The summed E-state index contributed by atoms with van der Waals surface area (Å²) in [6.07, 6.45) is 7.95. The monoisotopic (exact) mass is 649 g/mol. The molecule has 248 valence electrons. The second kappa shape index (κ2) is 13.0. The number of carbonyl (C=O) groups excluding carboxylic acids is 2. The van der Waals surface area contributed by atoms with Gasteiger partial charge in [0, 0.05) is 100 Å². The van der Waals surface area contributed by atoms with E-state index in [9.17, 15) is 9.59 Å². The van der Waals surface area contributed by atoms with Gasteiger partial charge in [0.15, 0.2) is 0 Å². The molecule has 1 fully saturated rings. The van der Waals surface area contributed by atoms with Crippen molar-refractivity contribution in [3.05, 3.63) is 60.7 Å². The number of fused-ring (bicyclic) bond motifs is 2. The second-order valence-electron chi connectivity index (χ2n) is 12.5. The van der Waals surface area contributed by atoms with Crippen molar-refractivity contribution in [2.75, 3.05) is 54.9 Å². The summed E-state index contributed by atoms with van der Waals surface area (Å²) in [6, 6.07) is 10.3. The summed E-state index contributed by atoms with van der Waals surface area (Å²) in [6.45, 7) is 6.76. The third kappa shape index (κ3) is 6.38. The molecule has 3 aromatic heterocycles. The standard InChI is InChI=1S/C34H39N11O3/c1-21-13-30(46)40-28-16-25(48-12-4-7-44-8-10-45(11-9-44)34-36-17-23(18-37-34)33(35)47)15-26(32(28)39-21)22-5-6-29-27(14-22)31(41-43(29)3)24-19-38-42(2)20-24/h5-6,14-21,39H,4,7-13H2,1-3H3,(H2,35,47)(H,40,46). The van der Waals surface area contributed by atoms with Crippen molar-refractivity contribution in [3.8, 4) is 28.1 Å². The number of amides is 2. The van der Waals surface area contributed by atoms with E-state index < -0.39 is 5.91 Å². The van der Waals surface area contributed by atoms with Crippen LogP contribution in [0.2, 0.25) is 0 Å². The van der Waals surface area contributed by atoms with Crippen LogP contribution in [0.25, 0.3) is 33.3 Å². The molecule has 2 aliphatic heterocycles. The highest BCUT2D eigenvalue weighted by Gasteiger charge is 2.24. The molecule has 4 N–H and O–H groups in total. The molecule has 0 bridgehead atoms. The number of nitrogens with one attached hydrogen (secondary N) is 2. The molecule has 1 atom stereocenters. The van der Waals surface area contributed by atoms with Gasteiger partial charge in [-0.05, 0) is 37.1 Å². The Kier molecular flexibility index (Phi) is 8.40. The number of ether oxygens (including phenoxy) is 1. The summed E-state index contributed by atoms with van der Waals surface area (Å²) in [5.74, 6) is 0.731. The summed E-state index contributed by atoms with van der Waals surface area (Å²) >= 11 is 0. The quantitative estimate of drug-likeness (QED) is 0.202. The lowest BCUT2D eigenvalue weighted by Crippen LogP contribution is -2.47. The Hall–Kier alpha value is -5.50. The molecule has 14 heteroatoms. The normalized spacial score (nSPS) is 16.7. The van der Waals surface area contributed by atoms with Gasteiger partial charge >= 0.3 is 0 Å². The molecule has 5 heterocycles. The van der Waals surface area contributed by atoms with Gasteiger partial charge < -0.3 is 26.0 Å². The molecule has 5 aromatic rings. The third-order valence-electron chi connectivity index (χ3n) is 8.87. The van der Waals surface area contributed by atoms with Gasteiger partial charge in [0.2, 0.25) is 11.9 Å². The van der Waals surface area contributed by atoms with Gasteiger partial charge in [-0.3, -0.25) is 23.9 Å². The van der Waals surface area contributed by atoms with Crippen LogP contribution in [0.1, 0.15) is 30.1 Å². The van der Waals surface area contributed by atoms with Gasteiger partial charge in [-0.2, -0.15) is 10.2 Å². The van der Waals surface area contributed by atoms with Crippen LogP contribution < -0.4 is 26.0 Å². The maximum atomic E-state index is 12.7. The van der Waals surface area contributed by atoms with E-state index in [-0.39, 0.29) is 11.9 Å². The molecule has 0 spiro atoms. The highest BCUT2D eigenvalue weighted by molar-refractivity contribution is 6.03. The van der Waals surface area contributed by atoms with Gasteiger partial charge in [0.25, 0.3) is 5.91 Å². The second-order valence-corrected chi connectivity index (χ2v) is 12.5. The summed E-state index contributed by atoms with van der Waals surface area (Å²) in [5, 5.41) is 16.8. The van der Waals surface area contributed by atoms with Gasteiger partial charge in [0.05, 0.1) is 35.3 Å². The van der Waals surface area contributed by atoms with Crippen molar-refractivity contribution in [2.24, 2.45) is 19.8 Å². The smallest absolute Gasteiger partial charge is 0.251 e. The van der Waals surface area contributed by atoms with Crippen molar-refractivity contribution in [1.82, 2.24) is 34.4 Å². The largest absolute Gasteiger partial charge is 0.493 e. The molecule has 1 unspecified atom stereocenters. The van der Waals surface area contributed by atoms with Crippen LogP contribution in [0, 0.1) is 0 Å². The summed E-state index contributed by atoms with van der Waals surface area (Å²) in [5.41, 5.74) is 12.0. The van der Waals surface area contributed by atoms with Crippen LogP contribution >= 0.6 is 0 Å². The lowest BCUT2D eigenvalue weighted by Gasteiger charge is -2.34. The SMILES string of the molecule is CC1CC(=O)Nc2cc(OCCCN3CCN(c4ncc(C(N)=O)cn4)CC3)cc(-c3ccc4c(c3)c(-c3cnn(C)c3)nn4C)c2N1. The number of carbonyl (C=O) groups is 2. The number of rotatable bonds is 9. The highest BCUT2D eigenvalue weighted by Crippen LogP contribution is 2.42. The van der Waals surface area contributed by atoms with Crippen LogP contribution in [0.5, 0.6) is 5.75 Å². The molecule has 0 aliphatic carbocycles. The zero-order chi connectivity index (χ0) is 33.4. The Morgan fingerprint density at radius 3 is 2.56 bits per heavy atom. The minimum Gasteiger partial charge on any atom is -0.493 e. The first-order chi connectivity index (χ1) is 23.2. The van der Waals surface area contributed by atoms with Crippen molar-refractivity contribution in [3.63, 3.8) is 0 Å². The molecule has 7 rings (SSSR count). The molecule has 0 radical (unpaired) electrons. The fraction of sp³-hybridized carbons (Fsp3) is 0.353. The number of aryl methyl sites for hydroxylation is 2. The molecule has 2 amide bonds. The number of nitrogens with two attached hydrogens (primary N) is 1. The van der Waals surface area contributed by atoms with Crippen molar-refractivity contribution in [1.29, 1.82) is 0 Å². The topological polar surface area (TPSA) is 161 Å². The van der Waals surface area contributed by atoms with Crippen molar-refractivity contribution < 1.29 is 14.3 Å². The Balaban J connectivity index is 1.07. The minimum absolute atomic E-state index is 0.0354. The van der Waals surface area contributed by atoms with Crippen molar-refractivity contribution in [2.45, 2.75) is 25.8 Å². The zero-order valence-corrected chi connectivity index (χ0v) is 27.3. The van der Waals surface area contributed by atoms with Crippen LogP contribution in [0.15, 0.2) is 55.1 Å². The van der Waals surface area contributed by atoms with E-state index in [0.717, 1.165) is 78.1 Å². The first kappa shape index (κ1) is 31.1. The summed E-state index contributed by atoms with van der Waals surface area (Å²) in [4.78, 5) is 37.2. The summed E-state index contributed by atoms with van der Waals surface area (Å²) < 4.78 is 10.00. The van der Waals surface area contributed by atoms with E-state index in [1.54, 1.807) is 4.68 Å². The Bertz CT molecular complexity index is 1980. The lowest BCUT2D eigenvalue weighted by atomic mass is 9.98. The van der Waals surface area contributed by atoms with Crippen LogP contribution in [-0.4, -0.2) is 91.6 Å². The van der Waals surface area contributed by atoms with E-state index in [1.807, 2.05) is 44.2 Å².